The molecule has 0 aliphatic heterocycles. The van der Waals surface area contributed by atoms with Gasteiger partial charge in [-0.1, -0.05) is 273 Å². The molecule has 114 heavy (non-hydrogen) atoms. The van der Waals surface area contributed by atoms with Crippen LogP contribution in [0.15, 0.2) is 429 Å². The van der Waals surface area contributed by atoms with Crippen LogP contribution in [-0.4, -0.2) is 18.3 Å². The number of fused-ring (bicyclic) bond motifs is 18. The van der Waals surface area contributed by atoms with E-state index < -0.39 is 0 Å². The summed E-state index contributed by atoms with van der Waals surface area (Å²) in [4.78, 5) is 0. The molecule has 0 amide bonds. The van der Waals surface area contributed by atoms with Crippen LogP contribution < -0.4 is 0 Å². The summed E-state index contributed by atoms with van der Waals surface area (Å²) in [7, 11) is 0. The van der Waals surface area contributed by atoms with Crippen LogP contribution in [0.1, 0.15) is 0 Å². The number of nitrogens with zero attached hydrogens (tertiary/aromatic N) is 4. The molecule has 5 nitrogen and oxygen atoms in total. The summed E-state index contributed by atoms with van der Waals surface area (Å²) in [6, 6.07) is 153. The first kappa shape index (κ1) is 66.2. The molecule has 18 aromatic carbocycles. The molecule has 24 aromatic rings. The summed E-state index contributed by atoms with van der Waals surface area (Å²) in [6.45, 7) is 0. The third kappa shape index (κ3) is 11.3. The Balaban J connectivity index is 0.000000109. The maximum Gasteiger partial charge on any atom is 0.135 e. The molecule has 0 saturated carbocycles. The molecular weight excluding hydrogens is 1400 g/mol. The Hall–Kier alpha value is -14.8. The maximum absolute atomic E-state index is 6.02. The van der Waals surface area contributed by atoms with Crippen LogP contribution in [0.3, 0.4) is 0 Å². The van der Waals surface area contributed by atoms with Gasteiger partial charge in [-0.05, 0) is 202 Å². The molecule has 6 heteroatoms. The third-order valence-electron chi connectivity index (χ3n) is 22.9. The number of para-hydroxylation sites is 8. The van der Waals surface area contributed by atoms with Gasteiger partial charge in [-0.25, -0.2) is 0 Å². The number of furan rings is 1. The van der Waals surface area contributed by atoms with E-state index in [-0.39, 0.29) is 0 Å². The van der Waals surface area contributed by atoms with Gasteiger partial charge in [0.05, 0.1) is 49.8 Å². The highest BCUT2D eigenvalue weighted by molar-refractivity contribution is 7.25. The van der Waals surface area contributed by atoms with Gasteiger partial charge in [0.25, 0.3) is 0 Å². The summed E-state index contributed by atoms with van der Waals surface area (Å²) in [5.41, 5.74) is 28.6. The molecule has 0 N–H and O–H groups in total. The monoisotopic (exact) mass is 1470 g/mol. The van der Waals surface area contributed by atoms with Crippen molar-refractivity contribution in [3.05, 3.63) is 425 Å². The van der Waals surface area contributed by atoms with Crippen LogP contribution in [0.4, 0.5) is 0 Å². The summed E-state index contributed by atoms with van der Waals surface area (Å²) in [5, 5.41) is 15.1. The van der Waals surface area contributed by atoms with Gasteiger partial charge in [-0.3, -0.25) is 0 Å². The Morgan fingerprint density at radius 3 is 0.974 bits per heavy atom. The second-order valence-electron chi connectivity index (χ2n) is 29.4. The lowest BCUT2D eigenvalue weighted by Gasteiger charge is -2.14. The average Bonchev–Trinajstić information content (AvgIpc) is 1.60. The van der Waals surface area contributed by atoms with E-state index in [4.69, 9.17) is 4.42 Å². The number of benzene rings is 18. The van der Waals surface area contributed by atoms with Crippen molar-refractivity contribution in [3.63, 3.8) is 0 Å². The van der Waals surface area contributed by atoms with E-state index in [9.17, 15) is 0 Å². The van der Waals surface area contributed by atoms with Crippen molar-refractivity contribution in [1.29, 1.82) is 0 Å². The molecule has 0 radical (unpaired) electrons. The van der Waals surface area contributed by atoms with E-state index in [0.29, 0.717) is 0 Å². The fraction of sp³-hybridized carbons (Fsp3) is 0. The highest BCUT2D eigenvalue weighted by atomic mass is 32.1. The Labute approximate surface area is 661 Å². The molecule has 6 aromatic heterocycles. The van der Waals surface area contributed by atoms with E-state index in [1.54, 1.807) is 0 Å². The predicted octanol–water partition coefficient (Wildman–Crippen LogP) is 30.1. The Bertz CT molecular complexity index is 7570. The van der Waals surface area contributed by atoms with Crippen molar-refractivity contribution in [3.8, 4) is 78.4 Å². The van der Waals surface area contributed by atoms with Crippen LogP contribution in [0.25, 0.3) is 208 Å². The summed E-state index contributed by atoms with van der Waals surface area (Å²) in [5.74, 6) is 0. The van der Waals surface area contributed by atoms with Crippen LogP contribution in [0, 0.1) is 0 Å². The minimum absolute atomic E-state index is 0.928. The molecule has 0 spiro atoms. The average molecular weight is 1470 g/mol. The zero-order valence-corrected chi connectivity index (χ0v) is 62.8. The molecule has 0 aliphatic rings. The van der Waals surface area contributed by atoms with Gasteiger partial charge < -0.3 is 22.7 Å². The lowest BCUT2D eigenvalue weighted by Crippen LogP contribution is -1.97. The molecule has 6 heterocycles. The van der Waals surface area contributed by atoms with E-state index >= 15 is 0 Å². The first-order chi connectivity index (χ1) is 56.5. The van der Waals surface area contributed by atoms with Crippen LogP contribution in [-0.2, 0) is 0 Å². The lowest BCUT2D eigenvalue weighted by molar-refractivity contribution is 0.669. The normalized spacial score (nSPS) is 11.7. The molecule has 24 rings (SSSR count). The number of rotatable bonds is 9. The van der Waals surface area contributed by atoms with Crippen LogP contribution >= 0.6 is 11.3 Å². The number of thiophene rings is 1. The minimum atomic E-state index is 0.928. The Morgan fingerprint density at radius 2 is 0.474 bits per heavy atom. The smallest absolute Gasteiger partial charge is 0.135 e. The number of hydrogen-bond donors (Lipinski definition) is 0. The van der Waals surface area contributed by atoms with Crippen molar-refractivity contribution in [2.75, 3.05) is 0 Å². The van der Waals surface area contributed by atoms with Crippen molar-refractivity contribution in [2.45, 2.75) is 0 Å². The van der Waals surface area contributed by atoms with Crippen LogP contribution in [0.2, 0.25) is 0 Å². The fourth-order valence-electron chi connectivity index (χ4n) is 17.6. The Morgan fingerprint density at radius 1 is 0.167 bits per heavy atom. The van der Waals surface area contributed by atoms with Gasteiger partial charge in [0.2, 0.25) is 0 Å². The summed E-state index contributed by atoms with van der Waals surface area (Å²) in [6.07, 6.45) is 0. The largest absolute Gasteiger partial charge is 0.456 e. The SMILES string of the molecule is c1ccc(-c2ccc(-n3c4ccccc4c4cc(-c5ccc6c(c5)c5ccccc5n6-c5ccccc5-c5ccccc5)ccc43)cc2)cc1.c1ccc(-n2c3ccccc3c3cc(-c4ccc5oc6ccccc6c5c4)ccc32)cc1.c1ccc(-n2c3ccccc3c3cc(-c4ccc5sc6ccccc6c5c4)ccc32)cc1. The summed E-state index contributed by atoms with van der Waals surface area (Å²) < 4.78 is 18.2. The van der Waals surface area contributed by atoms with Gasteiger partial charge in [0.15, 0.2) is 0 Å². The van der Waals surface area contributed by atoms with Crippen molar-refractivity contribution >= 4 is 141 Å². The second-order valence-corrected chi connectivity index (χ2v) is 30.5. The maximum atomic E-state index is 6.02. The first-order valence-corrected chi connectivity index (χ1v) is 39.8. The molecule has 0 bridgehead atoms. The standard InChI is InChI=1S/C48H32N2.C30H19NO.C30H19NS/c1-3-13-33(14-4-1)34-23-27-38(28-24-34)49-45-21-11-8-18-40(45)42-31-36(25-29-47(42)49)37-26-30-48-43(32-37)41-19-9-12-22-46(41)50(48)44-20-10-7-17-39(44)35-15-5-2-6-16-35;2*1-2-8-22(9-3-1)31-27-12-6-4-10-23(27)25-18-20(14-16-28(25)31)21-15-17-30-26(19-21)24-11-5-7-13-29(24)32-30/h1-32H;2*1-19H. The van der Waals surface area contributed by atoms with Gasteiger partial charge in [0.1, 0.15) is 11.2 Å². The van der Waals surface area contributed by atoms with Gasteiger partial charge in [-0.2, -0.15) is 0 Å². The van der Waals surface area contributed by atoms with E-state index in [1.165, 1.54) is 180 Å². The topological polar surface area (TPSA) is 32.9 Å². The zero-order valence-electron chi connectivity index (χ0n) is 62.0. The van der Waals surface area contributed by atoms with Crippen molar-refractivity contribution in [1.82, 2.24) is 18.3 Å². The molecule has 0 unspecified atom stereocenters. The fourth-order valence-corrected chi connectivity index (χ4v) is 18.7. The quantitative estimate of drug-likeness (QED) is 0.142. The van der Waals surface area contributed by atoms with E-state index in [0.717, 1.165) is 27.6 Å². The van der Waals surface area contributed by atoms with E-state index in [1.807, 2.05) is 23.5 Å². The number of aromatic nitrogens is 4. The summed E-state index contributed by atoms with van der Waals surface area (Å²) >= 11 is 1.87. The molecular formula is C108H70N4OS. The highest BCUT2D eigenvalue weighted by Gasteiger charge is 2.21. The predicted molar refractivity (Wildman–Crippen MR) is 484 cm³/mol. The zero-order chi connectivity index (χ0) is 75.2. The third-order valence-corrected chi connectivity index (χ3v) is 24.1. The first-order valence-electron chi connectivity index (χ1n) is 38.9. The molecule has 0 aliphatic carbocycles. The van der Waals surface area contributed by atoms with Gasteiger partial charge >= 0.3 is 0 Å². The molecule has 0 fully saturated rings. The van der Waals surface area contributed by atoms with Crippen molar-refractivity contribution < 1.29 is 4.42 Å². The van der Waals surface area contributed by atoms with Crippen LogP contribution in [0.5, 0.6) is 0 Å². The van der Waals surface area contributed by atoms with Gasteiger partial charge in [-0.15, -0.1) is 11.3 Å². The van der Waals surface area contributed by atoms with Crippen molar-refractivity contribution in [2.24, 2.45) is 0 Å². The van der Waals surface area contributed by atoms with Gasteiger partial charge in [0, 0.05) is 96.7 Å². The minimum Gasteiger partial charge on any atom is -0.456 e. The molecule has 0 saturated heterocycles. The highest BCUT2D eigenvalue weighted by Crippen LogP contribution is 2.44. The second kappa shape index (κ2) is 27.6. The number of hydrogen-bond acceptors (Lipinski definition) is 2. The Kier molecular flexibility index (Phi) is 16.0. The molecule has 0 atom stereocenters. The van der Waals surface area contributed by atoms with E-state index in [2.05, 4.69) is 431 Å². The molecule has 534 valence electrons. The lowest BCUT2D eigenvalue weighted by atomic mass is 10.0.